The first-order valence-corrected chi connectivity index (χ1v) is 11.5. The zero-order valence-corrected chi connectivity index (χ0v) is 20.2. The number of fused-ring (bicyclic) bond motifs is 4. The molecule has 3 aliphatic rings. The first kappa shape index (κ1) is 22.6. The molecule has 2 aromatic carbocycles. The molecule has 2 aliphatic carbocycles. The van der Waals surface area contributed by atoms with E-state index in [2.05, 4.69) is 0 Å². The number of hydrogen-bond acceptors (Lipinski definition) is 4. The normalized spacial score (nSPS) is 32.4. The van der Waals surface area contributed by atoms with Crippen molar-refractivity contribution >= 4 is 75.6 Å². The van der Waals surface area contributed by atoms with Crippen LogP contribution in [0.5, 0.6) is 23.0 Å². The summed E-state index contributed by atoms with van der Waals surface area (Å²) in [5.41, 5.74) is 1.02. The van der Waals surface area contributed by atoms with Gasteiger partial charge in [-0.15, -0.1) is 23.2 Å². The fourth-order valence-corrected chi connectivity index (χ4v) is 8.18. The van der Waals surface area contributed by atoms with Crippen LogP contribution in [0.15, 0.2) is 46.5 Å². The summed E-state index contributed by atoms with van der Waals surface area (Å²) in [5, 5.41) is 29.9. The summed E-state index contributed by atoms with van der Waals surface area (Å²) in [5.74, 6) is -4.30. The lowest BCUT2D eigenvalue weighted by molar-refractivity contribution is -0.144. The SMILES string of the molecule is O=C(O)[C@@H]1[C@@H](C2c3ccc(O)cc3Oc3cc(O)ccc32)[C@]2(Cl)C(Cl)=C(Cl)[C@]1(Cl)C2(Cl)Cl. The first-order chi connectivity index (χ1) is 14.9. The molecule has 32 heavy (non-hydrogen) atoms. The second-order valence-electron chi connectivity index (χ2n) is 7.99. The molecule has 1 saturated carbocycles. The summed E-state index contributed by atoms with van der Waals surface area (Å²) in [7, 11) is 0. The van der Waals surface area contributed by atoms with Gasteiger partial charge < -0.3 is 20.1 Å². The van der Waals surface area contributed by atoms with E-state index < -0.39 is 37.8 Å². The molecule has 0 radical (unpaired) electrons. The Labute approximate surface area is 212 Å². The van der Waals surface area contributed by atoms with Crippen molar-refractivity contribution in [1.82, 2.24) is 0 Å². The standard InChI is InChI=1S/C21H12Cl6O5/c22-16-17(23)20(25)15(18(30)31)14(19(16,24)21(20,26)27)13-9-3-1-7(28)5-11(9)32-12-6-8(29)2-4-10(12)13/h1-6,13-15,28-29H,(H,30,31)/t14-,15+,19+,20+/m1/s1. The lowest BCUT2D eigenvalue weighted by Gasteiger charge is -2.42. The maximum Gasteiger partial charge on any atom is 0.309 e. The third-order valence-corrected chi connectivity index (χ3v) is 10.8. The van der Waals surface area contributed by atoms with E-state index in [1.54, 1.807) is 12.1 Å². The van der Waals surface area contributed by atoms with E-state index in [9.17, 15) is 20.1 Å². The van der Waals surface area contributed by atoms with Gasteiger partial charge in [0.15, 0.2) is 4.33 Å². The van der Waals surface area contributed by atoms with E-state index in [1.807, 2.05) is 0 Å². The smallest absolute Gasteiger partial charge is 0.309 e. The lowest BCUT2D eigenvalue weighted by Crippen LogP contribution is -2.45. The molecule has 1 aliphatic heterocycles. The summed E-state index contributed by atoms with van der Waals surface area (Å²) < 4.78 is 3.81. The highest BCUT2D eigenvalue weighted by Crippen LogP contribution is 2.79. The van der Waals surface area contributed by atoms with Gasteiger partial charge in [-0.05, 0) is 12.1 Å². The van der Waals surface area contributed by atoms with Gasteiger partial charge in [-0.2, -0.15) is 0 Å². The van der Waals surface area contributed by atoms with Crippen LogP contribution in [0.25, 0.3) is 0 Å². The minimum absolute atomic E-state index is 0.0757. The topological polar surface area (TPSA) is 87.0 Å². The molecular formula is C21H12Cl6O5. The Hall–Kier alpha value is -1.21. The van der Waals surface area contributed by atoms with Crippen molar-refractivity contribution in [3.05, 3.63) is 57.6 Å². The largest absolute Gasteiger partial charge is 0.508 e. The van der Waals surface area contributed by atoms with E-state index in [0.717, 1.165) is 0 Å². The van der Waals surface area contributed by atoms with Gasteiger partial charge in [-0.25, -0.2) is 0 Å². The number of halogens is 6. The molecule has 1 heterocycles. The van der Waals surface area contributed by atoms with Crippen molar-refractivity contribution in [2.75, 3.05) is 0 Å². The molecular weight excluding hydrogens is 545 g/mol. The van der Waals surface area contributed by atoms with Crippen LogP contribution < -0.4 is 4.74 Å². The van der Waals surface area contributed by atoms with Crippen LogP contribution in [0.4, 0.5) is 0 Å². The Bertz CT molecular complexity index is 1180. The van der Waals surface area contributed by atoms with Gasteiger partial charge >= 0.3 is 5.97 Å². The molecule has 5 nitrogen and oxygen atoms in total. The number of carboxylic acids is 1. The molecule has 0 unspecified atom stereocenters. The highest BCUT2D eigenvalue weighted by atomic mass is 35.5. The zero-order chi connectivity index (χ0) is 23.4. The third-order valence-electron chi connectivity index (χ3n) is 6.50. The Morgan fingerprint density at radius 2 is 1.31 bits per heavy atom. The molecule has 11 heteroatoms. The molecule has 2 bridgehead atoms. The van der Waals surface area contributed by atoms with Gasteiger partial charge in [0.05, 0.1) is 16.0 Å². The summed E-state index contributed by atoms with van der Waals surface area (Å²) in [6, 6.07) is 8.77. The molecule has 0 saturated heterocycles. The Balaban J connectivity index is 1.85. The summed E-state index contributed by atoms with van der Waals surface area (Å²) >= 11 is 40.1. The number of phenols is 2. The second kappa shape index (κ2) is 6.91. The molecule has 0 aromatic heterocycles. The van der Waals surface area contributed by atoms with Gasteiger partial charge in [0, 0.05) is 35.1 Å². The van der Waals surface area contributed by atoms with Gasteiger partial charge in [0.1, 0.15) is 32.7 Å². The number of allylic oxidation sites excluding steroid dienone is 2. The Kier molecular flexibility index (Phi) is 4.87. The predicted octanol–water partition coefficient (Wildman–Crippen LogP) is 6.50. The summed E-state index contributed by atoms with van der Waals surface area (Å²) in [6.07, 6.45) is 0. The number of carboxylic acid groups (broad SMARTS) is 1. The van der Waals surface area contributed by atoms with E-state index >= 15 is 0 Å². The number of carbonyl (C=O) groups is 1. The highest BCUT2D eigenvalue weighted by molar-refractivity contribution is 6.66. The minimum Gasteiger partial charge on any atom is -0.508 e. The maximum atomic E-state index is 12.6. The number of alkyl halides is 4. The van der Waals surface area contributed by atoms with Gasteiger partial charge in [-0.3, -0.25) is 4.79 Å². The third kappa shape index (κ3) is 2.47. The van der Waals surface area contributed by atoms with Crippen molar-refractivity contribution in [1.29, 1.82) is 0 Å². The molecule has 0 amide bonds. The number of ether oxygens (including phenoxy) is 1. The highest BCUT2D eigenvalue weighted by Gasteiger charge is 2.85. The number of hydrogen-bond donors (Lipinski definition) is 3. The quantitative estimate of drug-likeness (QED) is 0.368. The first-order valence-electron chi connectivity index (χ1n) is 9.25. The van der Waals surface area contributed by atoms with Crippen LogP contribution in [0, 0.1) is 11.8 Å². The lowest BCUT2D eigenvalue weighted by atomic mass is 9.68. The maximum absolute atomic E-state index is 12.6. The molecule has 168 valence electrons. The van der Waals surface area contributed by atoms with Crippen LogP contribution in [0.3, 0.4) is 0 Å². The van der Waals surface area contributed by atoms with Crippen molar-refractivity contribution in [3.8, 4) is 23.0 Å². The van der Waals surface area contributed by atoms with Gasteiger partial charge in [-0.1, -0.05) is 58.5 Å². The van der Waals surface area contributed by atoms with Crippen molar-refractivity contribution in [3.63, 3.8) is 0 Å². The van der Waals surface area contributed by atoms with Crippen LogP contribution in [-0.4, -0.2) is 35.4 Å². The molecule has 1 fully saturated rings. The van der Waals surface area contributed by atoms with Crippen LogP contribution in [0.1, 0.15) is 17.0 Å². The van der Waals surface area contributed by atoms with E-state index in [0.29, 0.717) is 11.1 Å². The molecule has 0 spiro atoms. The van der Waals surface area contributed by atoms with E-state index in [1.165, 1.54) is 24.3 Å². The average molecular weight is 557 g/mol. The summed E-state index contributed by atoms with van der Waals surface area (Å²) in [4.78, 5) is 8.70. The zero-order valence-electron chi connectivity index (χ0n) is 15.6. The number of rotatable bonds is 2. The number of aromatic hydroxyl groups is 2. The molecule has 5 rings (SSSR count). The summed E-state index contributed by atoms with van der Waals surface area (Å²) in [6.45, 7) is 0. The molecule has 3 N–H and O–H groups in total. The van der Waals surface area contributed by atoms with Crippen molar-refractivity contribution in [2.24, 2.45) is 11.8 Å². The number of benzene rings is 2. The minimum atomic E-state index is -2.07. The molecule has 4 atom stereocenters. The van der Waals surface area contributed by atoms with Crippen LogP contribution in [-0.2, 0) is 4.79 Å². The predicted molar refractivity (Wildman–Crippen MR) is 123 cm³/mol. The van der Waals surface area contributed by atoms with Crippen LogP contribution in [0.2, 0.25) is 0 Å². The van der Waals surface area contributed by atoms with Crippen LogP contribution >= 0.6 is 69.6 Å². The van der Waals surface area contributed by atoms with Crippen molar-refractivity contribution in [2.45, 2.75) is 20.0 Å². The van der Waals surface area contributed by atoms with E-state index in [-0.39, 0.29) is 33.1 Å². The second-order valence-corrected chi connectivity index (χ2v) is 11.3. The number of phenolic OH excluding ortho intramolecular Hbond substituents is 2. The van der Waals surface area contributed by atoms with E-state index in [4.69, 9.17) is 74.3 Å². The van der Waals surface area contributed by atoms with Gasteiger partial charge in [0.25, 0.3) is 0 Å². The Morgan fingerprint density at radius 3 is 1.78 bits per heavy atom. The number of aliphatic carboxylic acids is 1. The monoisotopic (exact) mass is 554 g/mol. The fourth-order valence-electron chi connectivity index (χ4n) is 5.18. The average Bonchev–Trinajstić information content (AvgIpc) is 2.92. The molecule has 2 aromatic rings. The van der Waals surface area contributed by atoms with Crippen molar-refractivity contribution < 1.29 is 24.9 Å². The fraction of sp³-hybridized carbons (Fsp3) is 0.286. The van der Waals surface area contributed by atoms with Gasteiger partial charge in [0.2, 0.25) is 0 Å². The Morgan fingerprint density at radius 1 is 0.844 bits per heavy atom.